The summed E-state index contributed by atoms with van der Waals surface area (Å²) in [6.45, 7) is 2.07. The lowest BCUT2D eigenvalue weighted by Gasteiger charge is -2.30. The standard InChI is InChI=1S/C21H19F5N2O2/c22-16-6-4-14(18(23)13-16)5-7-19(29)27-20(21(24,25)26)15-2-1-3-17(12-15)28-8-10-30-11-9-28/h1-7,12-13,20H,8-11H2,(H,27,29). The number of amides is 1. The molecule has 30 heavy (non-hydrogen) atoms. The molecule has 2 aromatic rings. The minimum Gasteiger partial charge on any atom is -0.378 e. The summed E-state index contributed by atoms with van der Waals surface area (Å²) in [6, 6.07) is 6.30. The van der Waals surface area contributed by atoms with Crippen LogP contribution < -0.4 is 10.2 Å². The van der Waals surface area contributed by atoms with E-state index in [0.29, 0.717) is 38.1 Å². The summed E-state index contributed by atoms with van der Waals surface area (Å²) in [5, 5.41) is 1.91. The predicted octanol–water partition coefficient (Wildman–Crippen LogP) is 4.23. The third-order valence-electron chi connectivity index (χ3n) is 4.57. The molecule has 1 aliphatic heterocycles. The van der Waals surface area contributed by atoms with E-state index >= 15 is 0 Å². The maximum Gasteiger partial charge on any atom is 0.412 e. The van der Waals surface area contributed by atoms with Crippen LogP contribution in [0.25, 0.3) is 6.08 Å². The summed E-state index contributed by atoms with van der Waals surface area (Å²) in [5.41, 5.74) is 0.355. The molecule has 0 aromatic heterocycles. The highest BCUT2D eigenvalue weighted by Crippen LogP contribution is 2.34. The van der Waals surface area contributed by atoms with Crippen molar-refractivity contribution in [1.29, 1.82) is 0 Å². The molecule has 1 heterocycles. The number of hydrogen-bond acceptors (Lipinski definition) is 3. The number of rotatable bonds is 5. The SMILES string of the molecule is O=C(C=Cc1ccc(F)cc1F)NC(c1cccc(N2CCOCC2)c1)C(F)(F)F. The molecule has 0 aliphatic carbocycles. The first kappa shape index (κ1) is 21.8. The molecule has 9 heteroatoms. The zero-order valence-electron chi connectivity index (χ0n) is 15.8. The van der Waals surface area contributed by atoms with Crippen LogP contribution in [0.3, 0.4) is 0 Å². The third kappa shape index (κ3) is 5.56. The average molecular weight is 426 g/mol. The smallest absolute Gasteiger partial charge is 0.378 e. The number of nitrogens with zero attached hydrogens (tertiary/aromatic N) is 1. The first-order valence-corrected chi connectivity index (χ1v) is 9.17. The number of anilines is 1. The molecule has 0 spiro atoms. The van der Waals surface area contributed by atoms with Crippen LogP contribution >= 0.6 is 0 Å². The van der Waals surface area contributed by atoms with Crippen molar-refractivity contribution in [2.45, 2.75) is 12.2 Å². The van der Waals surface area contributed by atoms with E-state index < -0.39 is 29.8 Å². The fourth-order valence-electron chi connectivity index (χ4n) is 3.07. The highest BCUT2D eigenvalue weighted by molar-refractivity contribution is 5.92. The molecule has 2 aromatic carbocycles. The number of morpholine rings is 1. The van der Waals surface area contributed by atoms with E-state index in [2.05, 4.69) is 0 Å². The number of benzene rings is 2. The molecule has 1 aliphatic rings. The van der Waals surface area contributed by atoms with Gasteiger partial charge in [0.1, 0.15) is 11.6 Å². The molecule has 1 atom stereocenters. The van der Waals surface area contributed by atoms with Gasteiger partial charge in [0, 0.05) is 36.5 Å². The summed E-state index contributed by atoms with van der Waals surface area (Å²) >= 11 is 0. The Kier molecular flexibility index (Phi) is 6.71. The van der Waals surface area contributed by atoms with Crippen molar-refractivity contribution >= 4 is 17.7 Å². The summed E-state index contributed by atoms with van der Waals surface area (Å²) in [4.78, 5) is 14.0. The van der Waals surface area contributed by atoms with Crippen LogP contribution in [0.2, 0.25) is 0 Å². The van der Waals surface area contributed by atoms with E-state index in [-0.39, 0.29) is 11.1 Å². The number of carbonyl (C=O) groups is 1. The van der Waals surface area contributed by atoms with Crippen molar-refractivity contribution in [3.63, 3.8) is 0 Å². The Balaban J connectivity index is 1.78. The number of carbonyl (C=O) groups excluding carboxylic acids is 1. The van der Waals surface area contributed by atoms with Gasteiger partial charge in [-0.3, -0.25) is 4.79 Å². The quantitative estimate of drug-likeness (QED) is 0.575. The lowest BCUT2D eigenvalue weighted by atomic mass is 10.0. The summed E-state index contributed by atoms with van der Waals surface area (Å²) in [5.74, 6) is -2.78. The number of alkyl halides is 3. The van der Waals surface area contributed by atoms with Crippen molar-refractivity contribution < 1.29 is 31.5 Å². The summed E-state index contributed by atoms with van der Waals surface area (Å²) in [7, 11) is 0. The highest BCUT2D eigenvalue weighted by atomic mass is 19.4. The molecule has 1 unspecified atom stereocenters. The zero-order valence-corrected chi connectivity index (χ0v) is 15.8. The largest absolute Gasteiger partial charge is 0.412 e. The van der Waals surface area contributed by atoms with Crippen LogP contribution in [0.4, 0.5) is 27.6 Å². The number of hydrogen-bond donors (Lipinski definition) is 1. The van der Waals surface area contributed by atoms with Crippen molar-refractivity contribution in [2.75, 3.05) is 31.2 Å². The molecule has 1 fully saturated rings. The molecule has 0 bridgehead atoms. The Bertz CT molecular complexity index is 924. The van der Waals surface area contributed by atoms with Gasteiger partial charge in [0.05, 0.1) is 13.2 Å². The summed E-state index contributed by atoms with van der Waals surface area (Å²) in [6.07, 6.45) is -2.98. The molecule has 1 saturated heterocycles. The molecule has 1 N–H and O–H groups in total. The zero-order chi connectivity index (χ0) is 21.7. The van der Waals surface area contributed by atoms with Gasteiger partial charge < -0.3 is 15.0 Å². The maximum atomic E-state index is 13.6. The van der Waals surface area contributed by atoms with E-state index in [4.69, 9.17) is 4.74 Å². The Labute approximate surface area is 169 Å². The van der Waals surface area contributed by atoms with Gasteiger partial charge in [-0.15, -0.1) is 0 Å². The Morgan fingerprint density at radius 1 is 1.10 bits per heavy atom. The van der Waals surface area contributed by atoms with Gasteiger partial charge in [-0.2, -0.15) is 13.2 Å². The second-order valence-corrected chi connectivity index (χ2v) is 6.68. The van der Waals surface area contributed by atoms with E-state index in [1.165, 1.54) is 18.2 Å². The lowest BCUT2D eigenvalue weighted by Crippen LogP contribution is -2.38. The number of nitrogens with one attached hydrogen (secondary N) is 1. The van der Waals surface area contributed by atoms with E-state index in [9.17, 15) is 26.7 Å². The van der Waals surface area contributed by atoms with Gasteiger partial charge in [0.25, 0.3) is 0 Å². The van der Waals surface area contributed by atoms with Crippen LogP contribution in [0.15, 0.2) is 48.5 Å². The van der Waals surface area contributed by atoms with Gasteiger partial charge in [-0.1, -0.05) is 12.1 Å². The molecule has 1 amide bonds. The topological polar surface area (TPSA) is 41.6 Å². The molecular weight excluding hydrogens is 407 g/mol. The molecular formula is C21H19F5N2O2. The van der Waals surface area contributed by atoms with E-state index in [1.807, 2.05) is 10.2 Å². The monoisotopic (exact) mass is 426 g/mol. The van der Waals surface area contributed by atoms with Crippen molar-refractivity contribution in [3.8, 4) is 0 Å². The third-order valence-corrected chi connectivity index (χ3v) is 4.57. The van der Waals surface area contributed by atoms with Gasteiger partial charge in [-0.25, -0.2) is 8.78 Å². The fraction of sp³-hybridized carbons (Fsp3) is 0.286. The van der Waals surface area contributed by atoms with Gasteiger partial charge in [0.15, 0.2) is 6.04 Å². The van der Waals surface area contributed by atoms with E-state index in [0.717, 1.165) is 24.3 Å². The highest BCUT2D eigenvalue weighted by Gasteiger charge is 2.41. The molecule has 3 rings (SSSR count). The predicted molar refractivity (Wildman–Crippen MR) is 102 cm³/mol. The van der Waals surface area contributed by atoms with Crippen LogP contribution in [0.5, 0.6) is 0 Å². The lowest BCUT2D eigenvalue weighted by molar-refractivity contribution is -0.162. The molecule has 160 valence electrons. The van der Waals surface area contributed by atoms with Crippen molar-refractivity contribution in [1.82, 2.24) is 5.32 Å². The first-order chi connectivity index (χ1) is 14.2. The average Bonchev–Trinajstić information content (AvgIpc) is 2.71. The minimum absolute atomic E-state index is 0.121. The molecule has 0 saturated carbocycles. The maximum absolute atomic E-state index is 13.6. The summed E-state index contributed by atoms with van der Waals surface area (Å²) < 4.78 is 72.7. The van der Waals surface area contributed by atoms with Crippen molar-refractivity contribution in [3.05, 3.63) is 71.3 Å². The van der Waals surface area contributed by atoms with Gasteiger partial charge >= 0.3 is 6.18 Å². The molecule has 0 radical (unpaired) electrons. The Morgan fingerprint density at radius 2 is 1.83 bits per heavy atom. The first-order valence-electron chi connectivity index (χ1n) is 9.17. The van der Waals surface area contributed by atoms with Crippen LogP contribution in [0.1, 0.15) is 17.2 Å². The molecule has 4 nitrogen and oxygen atoms in total. The van der Waals surface area contributed by atoms with Crippen LogP contribution in [0, 0.1) is 11.6 Å². The van der Waals surface area contributed by atoms with Gasteiger partial charge in [-0.05, 0) is 35.9 Å². The van der Waals surface area contributed by atoms with Crippen LogP contribution in [-0.2, 0) is 9.53 Å². The Hall–Kier alpha value is -2.94. The number of halogens is 5. The fourth-order valence-corrected chi connectivity index (χ4v) is 3.07. The van der Waals surface area contributed by atoms with Crippen LogP contribution in [-0.4, -0.2) is 38.4 Å². The second-order valence-electron chi connectivity index (χ2n) is 6.68. The van der Waals surface area contributed by atoms with Crippen molar-refractivity contribution in [2.24, 2.45) is 0 Å². The van der Waals surface area contributed by atoms with E-state index in [1.54, 1.807) is 6.07 Å². The second kappa shape index (κ2) is 9.25. The number of ether oxygens (including phenoxy) is 1. The minimum atomic E-state index is -4.74. The van der Waals surface area contributed by atoms with Gasteiger partial charge in [0.2, 0.25) is 5.91 Å². The Morgan fingerprint density at radius 3 is 2.50 bits per heavy atom. The normalized spacial score (nSPS) is 16.0.